The molecular formula is C10H22N2O3S. The predicted octanol–water partition coefficient (Wildman–Crippen LogP) is 0.324. The smallest absolute Gasteiger partial charge is 0.279 e. The van der Waals surface area contributed by atoms with E-state index in [1.165, 1.54) is 4.31 Å². The van der Waals surface area contributed by atoms with Gasteiger partial charge >= 0.3 is 0 Å². The third-order valence-corrected chi connectivity index (χ3v) is 4.54. The molecule has 1 rings (SSSR count). The van der Waals surface area contributed by atoms with E-state index in [0.29, 0.717) is 31.8 Å². The summed E-state index contributed by atoms with van der Waals surface area (Å²) in [5, 5.41) is 9.09. The molecule has 6 heteroatoms. The van der Waals surface area contributed by atoms with Crippen molar-refractivity contribution in [2.75, 3.05) is 20.1 Å². The molecule has 96 valence electrons. The number of nitrogens with zero attached hydrogens (tertiary/aromatic N) is 1. The lowest BCUT2D eigenvalue weighted by molar-refractivity contribution is 0.0452. The standard InChI is InChI=1S/C10H22N2O3S/c1-3-4-5-12(2)16(14,15)11-8-9-6-10(13)7-9/h9-11,13H,3-8H2,1-2H3. The number of nitrogens with one attached hydrogen (secondary N) is 1. The highest BCUT2D eigenvalue weighted by molar-refractivity contribution is 7.87. The summed E-state index contributed by atoms with van der Waals surface area (Å²) in [6, 6.07) is 0. The molecular weight excluding hydrogens is 228 g/mol. The molecule has 0 heterocycles. The quantitative estimate of drug-likeness (QED) is 0.684. The van der Waals surface area contributed by atoms with Gasteiger partial charge in [-0.3, -0.25) is 0 Å². The molecule has 1 aliphatic carbocycles. The van der Waals surface area contributed by atoms with Gasteiger partial charge in [0.2, 0.25) is 0 Å². The molecule has 16 heavy (non-hydrogen) atoms. The first-order chi connectivity index (χ1) is 7.45. The summed E-state index contributed by atoms with van der Waals surface area (Å²) in [6.07, 6.45) is 3.05. The normalized spacial score (nSPS) is 25.8. The minimum absolute atomic E-state index is 0.229. The maximum Gasteiger partial charge on any atom is 0.279 e. The van der Waals surface area contributed by atoms with E-state index in [0.717, 1.165) is 12.8 Å². The maximum atomic E-state index is 11.7. The Kier molecular flexibility index (Phi) is 5.17. The fourth-order valence-electron chi connectivity index (χ4n) is 1.70. The molecule has 0 saturated heterocycles. The number of rotatable bonds is 7. The van der Waals surface area contributed by atoms with Crippen LogP contribution in [-0.4, -0.2) is 44.1 Å². The Morgan fingerprint density at radius 3 is 2.56 bits per heavy atom. The van der Waals surface area contributed by atoms with Crippen molar-refractivity contribution in [1.82, 2.24) is 9.03 Å². The van der Waals surface area contributed by atoms with Crippen LogP contribution < -0.4 is 4.72 Å². The Bertz CT molecular complexity index is 299. The van der Waals surface area contributed by atoms with Gasteiger partial charge in [-0.1, -0.05) is 13.3 Å². The summed E-state index contributed by atoms with van der Waals surface area (Å²) in [4.78, 5) is 0. The summed E-state index contributed by atoms with van der Waals surface area (Å²) in [7, 11) is -1.73. The lowest BCUT2D eigenvalue weighted by Crippen LogP contribution is -2.44. The maximum absolute atomic E-state index is 11.7. The Hall–Kier alpha value is -0.170. The van der Waals surface area contributed by atoms with Gasteiger partial charge in [0.1, 0.15) is 0 Å². The average Bonchev–Trinajstić information content (AvgIpc) is 2.19. The van der Waals surface area contributed by atoms with Crippen LogP contribution in [0.1, 0.15) is 32.6 Å². The monoisotopic (exact) mass is 250 g/mol. The Morgan fingerprint density at radius 1 is 1.44 bits per heavy atom. The molecule has 1 aliphatic rings. The summed E-state index contributed by atoms with van der Waals surface area (Å²) in [5.41, 5.74) is 0. The van der Waals surface area contributed by atoms with Crippen LogP contribution in [0, 0.1) is 5.92 Å². The molecule has 5 nitrogen and oxygen atoms in total. The molecule has 0 aromatic rings. The van der Waals surface area contributed by atoms with E-state index in [1.807, 2.05) is 6.92 Å². The van der Waals surface area contributed by atoms with Crippen molar-refractivity contribution in [2.24, 2.45) is 5.92 Å². The molecule has 0 radical (unpaired) electrons. The van der Waals surface area contributed by atoms with Crippen LogP contribution in [0.15, 0.2) is 0 Å². The van der Waals surface area contributed by atoms with Crippen LogP contribution in [0.5, 0.6) is 0 Å². The molecule has 0 aliphatic heterocycles. The highest BCUT2D eigenvalue weighted by atomic mass is 32.2. The van der Waals surface area contributed by atoms with Crippen molar-refractivity contribution in [3.8, 4) is 0 Å². The van der Waals surface area contributed by atoms with Gasteiger partial charge in [-0.2, -0.15) is 12.7 Å². The highest BCUT2D eigenvalue weighted by Crippen LogP contribution is 2.26. The SMILES string of the molecule is CCCCN(C)S(=O)(=O)NCC1CC(O)C1. The van der Waals surface area contributed by atoms with E-state index in [1.54, 1.807) is 7.05 Å². The number of aliphatic hydroxyl groups is 1. The van der Waals surface area contributed by atoms with E-state index < -0.39 is 10.2 Å². The first-order valence-electron chi connectivity index (χ1n) is 5.84. The molecule has 0 bridgehead atoms. The first kappa shape index (κ1) is 13.9. The van der Waals surface area contributed by atoms with Gasteiger partial charge in [0.05, 0.1) is 6.10 Å². The van der Waals surface area contributed by atoms with Gasteiger partial charge in [-0.05, 0) is 25.2 Å². The third-order valence-electron chi connectivity index (χ3n) is 3.00. The summed E-state index contributed by atoms with van der Waals surface area (Å²) >= 11 is 0. The van der Waals surface area contributed by atoms with Gasteiger partial charge in [-0.15, -0.1) is 0 Å². The second kappa shape index (κ2) is 5.95. The predicted molar refractivity (Wildman–Crippen MR) is 63.2 cm³/mol. The van der Waals surface area contributed by atoms with Gasteiger partial charge < -0.3 is 5.11 Å². The van der Waals surface area contributed by atoms with Crippen molar-refractivity contribution < 1.29 is 13.5 Å². The summed E-state index contributed by atoms with van der Waals surface area (Å²) < 4.78 is 27.4. The van der Waals surface area contributed by atoms with Crippen LogP contribution in [-0.2, 0) is 10.2 Å². The van der Waals surface area contributed by atoms with Crippen LogP contribution in [0.25, 0.3) is 0 Å². The Labute approximate surface area is 98.0 Å². The molecule has 2 N–H and O–H groups in total. The van der Waals surface area contributed by atoms with E-state index in [-0.39, 0.29) is 6.10 Å². The molecule has 1 fully saturated rings. The molecule has 1 saturated carbocycles. The minimum Gasteiger partial charge on any atom is -0.393 e. The van der Waals surface area contributed by atoms with Crippen molar-refractivity contribution in [2.45, 2.75) is 38.7 Å². The molecule has 0 unspecified atom stereocenters. The zero-order valence-electron chi connectivity index (χ0n) is 10.0. The number of aliphatic hydroxyl groups excluding tert-OH is 1. The van der Waals surface area contributed by atoms with Crippen LogP contribution >= 0.6 is 0 Å². The van der Waals surface area contributed by atoms with Crippen molar-refractivity contribution in [3.63, 3.8) is 0 Å². The van der Waals surface area contributed by atoms with Gasteiger partial charge in [0.15, 0.2) is 0 Å². The average molecular weight is 250 g/mol. The molecule has 0 spiro atoms. The molecule has 0 aromatic heterocycles. The topological polar surface area (TPSA) is 69.6 Å². The number of hydrogen-bond acceptors (Lipinski definition) is 3. The summed E-state index contributed by atoms with van der Waals surface area (Å²) in [6.45, 7) is 3.03. The zero-order chi connectivity index (χ0) is 12.2. The lowest BCUT2D eigenvalue weighted by atomic mass is 9.83. The molecule has 0 amide bonds. The first-order valence-corrected chi connectivity index (χ1v) is 7.28. The second-order valence-corrected chi connectivity index (χ2v) is 6.38. The van der Waals surface area contributed by atoms with E-state index >= 15 is 0 Å². The van der Waals surface area contributed by atoms with E-state index in [2.05, 4.69) is 4.72 Å². The van der Waals surface area contributed by atoms with Crippen molar-refractivity contribution in [1.29, 1.82) is 0 Å². The lowest BCUT2D eigenvalue weighted by Gasteiger charge is -2.31. The molecule has 0 atom stereocenters. The fourth-order valence-corrected chi connectivity index (χ4v) is 2.74. The Balaban J connectivity index is 2.27. The highest BCUT2D eigenvalue weighted by Gasteiger charge is 2.28. The number of hydrogen-bond donors (Lipinski definition) is 2. The third kappa shape index (κ3) is 4.01. The number of unbranched alkanes of at least 4 members (excludes halogenated alkanes) is 1. The Morgan fingerprint density at radius 2 is 2.06 bits per heavy atom. The van der Waals surface area contributed by atoms with Crippen LogP contribution in [0.2, 0.25) is 0 Å². The zero-order valence-corrected chi connectivity index (χ0v) is 10.8. The van der Waals surface area contributed by atoms with Crippen molar-refractivity contribution >= 4 is 10.2 Å². The van der Waals surface area contributed by atoms with E-state index in [9.17, 15) is 8.42 Å². The van der Waals surface area contributed by atoms with Crippen LogP contribution in [0.4, 0.5) is 0 Å². The van der Waals surface area contributed by atoms with Gasteiger partial charge in [-0.25, -0.2) is 4.72 Å². The van der Waals surface area contributed by atoms with Crippen LogP contribution in [0.3, 0.4) is 0 Å². The molecule has 0 aromatic carbocycles. The fraction of sp³-hybridized carbons (Fsp3) is 1.00. The van der Waals surface area contributed by atoms with E-state index in [4.69, 9.17) is 5.11 Å². The largest absolute Gasteiger partial charge is 0.393 e. The second-order valence-electron chi connectivity index (χ2n) is 4.52. The van der Waals surface area contributed by atoms with Gasteiger partial charge in [0.25, 0.3) is 10.2 Å². The minimum atomic E-state index is -3.32. The van der Waals surface area contributed by atoms with Crippen molar-refractivity contribution in [3.05, 3.63) is 0 Å². The van der Waals surface area contributed by atoms with Gasteiger partial charge in [0, 0.05) is 20.1 Å². The summed E-state index contributed by atoms with van der Waals surface area (Å²) in [5.74, 6) is 0.296.